The van der Waals surface area contributed by atoms with E-state index in [4.69, 9.17) is 0 Å². The van der Waals surface area contributed by atoms with Gasteiger partial charge >= 0.3 is 0 Å². The van der Waals surface area contributed by atoms with Crippen molar-refractivity contribution in [2.24, 2.45) is 0 Å². The van der Waals surface area contributed by atoms with Crippen LogP contribution in [0.15, 0.2) is 24.3 Å². The van der Waals surface area contributed by atoms with Crippen LogP contribution in [0.3, 0.4) is 0 Å². The number of allylic oxidation sites excluding steroid dienone is 2. The first kappa shape index (κ1) is 18.7. The molecule has 0 aromatic heterocycles. The molecule has 0 fully saturated rings. The number of phosphoric acid groups is 2. The molecular formula is C10H17O7P2-3. The summed E-state index contributed by atoms with van der Waals surface area (Å²) in [5, 5.41) is 0. The second-order valence-electron chi connectivity index (χ2n) is 4.40. The highest BCUT2D eigenvalue weighted by Gasteiger charge is 2.27. The molecule has 0 aromatic rings. The molecule has 0 bridgehead atoms. The highest BCUT2D eigenvalue weighted by molar-refractivity contribution is 7.58. The summed E-state index contributed by atoms with van der Waals surface area (Å²) >= 11 is 0. The van der Waals surface area contributed by atoms with Gasteiger partial charge in [0, 0.05) is 0 Å². The van der Waals surface area contributed by atoms with Crippen molar-refractivity contribution < 1.29 is 32.6 Å². The normalized spacial score (nSPS) is 18.2. The predicted octanol–water partition coefficient (Wildman–Crippen LogP) is 1.01. The highest BCUT2D eigenvalue weighted by Crippen LogP contribution is 2.53. The number of hydrogen-bond acceptors (Lipinski definition) is 7. The molecule has 0 aliphatic carbocycles. The smallest absolute Gasteiger partial charge is 0.272 e. The molecule has 0 rings (SSSR count). The van der Waals surface area contributed by atoms with Crippen molar-refractivity contribution in [3.05, 3.63) is 24.3 Å². The fourth-order valence-corrected chi connectivity index (χ4v) is 3.02. The van der Waals surface area contributed by atoms with Crippen molar-refractivity contribution in [1.82, 2.24) is 0 Å². The van der Waals surface area contributed by atoms with Gasteiger partial charge < -0.3 is 23.8 Å². The maximum Gasteiger partial charge on any atom is 0.272 e. The first-order valence-corrected chi connectivity index (χ1v) is 8.33. The molecule has 112 valence electrons. The fourth-order valence-electron chi connectivity index (χ4n) is 1.23. The van der Waals surface area contributed by atoms with Gasteiger partial charge in [-0.2, -0.15) is 0 Å². The van der Waals surface area contributed by atoms with Crippen LogP contribution >= 0.6 is 15.6 Å². The third kappa shape index (κ3) is 9.30. The van der Waals surface area contributed by atoms with E-state index in [9.17, 15) is 23.8 Å². The molecule has 0 amide bonds. The summed E-state index contributed by atoms with van der Waals surface area (Å²) < 4.78 is 29.6. The largest absolute Gasteiger partial charge is 0.790 e. The van der Waals surface area contributed by atoms with Gasteiger partial charge in [-0.15, -0.1) is 6.58 Å². The molecule has 0 heterocycles. The number of rotatable bonds is 8. The van der Waals surface area contributed by atoms with E-state index in [-0.39, 0.29) is 6.42 Å². The average Bonchev–Trinajstić information content (AvgIpc) is 2.11. The van der Waals surface area contributed by atoms with Gasteiger partial charge in [-0.1, -0.05) is 17.7 Å². The van der Waals surface area contributed by atoms with Gasteiger partial charge in [-0.05, 0) is 33.6 Å². The molecule has 0 saturated heterocycles. The lowest BCUT2D eigenvalue weighted by Gasteiger charge is -2.39. The first-order valence-electron chi connectivity index (χ1n) is 5.41. The molecule has 2 unspecified atom stereocenters. The Labute approximate surface area is 112 Å². The molecule has 7 nitrogen and oxygen atoms in total. The van der Waals surface area contributed by atoms with Crippen LogP contribution in [0.25, 0.3) is 0 Å². The zero-order valence-electron chi connectivity index (χ0n) is 11.0. The molecule has 0 radical (unpaired) electrons. The molecule has 9 heteroatoms. The maximum atomic E-state index is 11.3. The highest BCUT2D eigenvalue weighted by atomic mass is 31.3. The second-order valence-corrected chi connectivity index (χ2v) is 7.03. The first-order chi connectivity index (χ1) is 8.39. The summed E-state index contributed by atoms with van der Waals surface area (Å²) in [4.78, 5) is 31.8. The van der Waals surface area contributed by atoms with E-state index in [0.29, 0.717) is 6.42 Å². The Morgan fingerprint density at radius 3 is 2.21 bits per heavy atom. The summed E-state index contributed by atoms with van der Waals surface area (Å²) in [6.07, 6.45) is 3.80. The van der Waals surface area contributed by atoms with Crippen LogP contribution < -0.4 is 14.7 Å². The lowest BCUT2D eigenvalue weighted by molar-refractivity contribution is -0.340. The zero-order valence-corrected chi connectivity index (χ0v) is 12.8. The zero-order chi connectivity index (χ0) is 15.3. The quantitative estimate of drug-likeness (QED) is 0.484. The third-order valence-electron chi connectivity index (χ3n) is 2.15. The molecule has 0 aliphatic rings. The van der Waals surface area contributed by atoms with Gasteiger partial charge in [0.25, 0.3) is 7.82 Å². The topological polar surface area (TPSA) is 122 Å². The Balaban J connectivity index is 4.78. The molecule has 0 saturated carbocycles. The Morgan fingerprint density at radius 1 is 1.32 bits per heavy atom. The molecule has 0 aliphatic heterocycles. The minimum Gasteiger partial charge on any atom is -0.790 e. The monoisotopic (exact) mass is 311 g/mol. The average molecular weight is 311 g/mol. The van der Waals surface area contributed by atoms with E-state index in [2.05, 4.69) is 15.4 Å². The van der Waals surface area contributed by atoms with E-state index < -0.39 is 21.2 Å². The third-order valence-corrected chi connectivity index (χ3v) is 4.39. The number of phosphoric ester groups is 1. The van der Waals surface area contributed by atoms with Crippen molar-refractivity contribution >= 4 is 15.6 Å². The van der Waals surface area contributed by atoms with Gasteiger partial charge in [0.2, 0.25) is 0 Å². The lowest BCUT2D eigenvalue weighted by Crippen LogP contribution is -2.29. The maximum absolute atomic E-state index is 11.3. The molecule has 0 aromatic carbocycles. The number of hydrogen-bond donors (Lipinski definition) is 0. The van der Waals surface area contributed by atoms with Crippen molar-refractivity contribution in [1.29, 1.82) is 0 Å². The van der Waals surface area contributed by atoms with Gasteiger partial charge in [-0.3, -0.25) is 8.88 Å². The van der Waals surface area contributed by atoms with E-state index in [0.717, 1.165) is 5.57 Å². The van der Waals surface area contributed by atoms with Crippen LogP contribution in [0, 0.1) is 0 Å². The van der Waals surface area contributed by atoms with Crippen molar-refractivity contribution in [2.45, 2.75) is 39.2 Å². The SMILES string of the molecule is C=CC(C)(CCC=C(C)C)OP(=O)([O-])OP(=O)([O-])[O-]. The minimum atomic E-state index is -5.67. The lowest BCUT2D eigenvalue weighted by atomic mass is 10.00. The van der Waals surface area contributed by atoms with Crippen molar-refractivity contribution in [2.75, 3.05) is 0 Å². The van der Waals surface area contributed by atoms with Crippen LogP contribution in [0.4, 0.5) is 0 Å². The summed E-state index contributed by atoms with van der Waals surface area (Å²) in [5.41, 5.74) is -0.310. The van der Waals surface area contributed by atoms with Crippen LogP contribution in [0.2, 0.25) is 0 Å². The van der Waals surface area contributed by atoms with Crippen molar-refractivity contribution in [3.63, 3.8) is 0 Å². The van der Waals surface area contributed by atoms with Crippen LogP contribution in [-0.4, -0.2) is 5.60 Å². The standard InChI is InChI=1S/C10H20O7P2/c1-5-10(4,8-6-7-9(2)3)16-19(14,15)17-18(11,12)13/h5,7H,1,6,8H2,2-4H3,(H,14,15)(H2,11,12,13)/p-3. The Kier molecular flexibility index (Phi) is 6.86. The Bertz CT molecular complexity index is 435. The van der Waals surface area contributed by atoms with Crippen LogP contribution in [-0.2, 0) is 18.0 Å². The predicted molar refractivity (Wildman–Crippen MR) is 64.7 cm³/mol. The van der Waals surface area contributed by atoms with E-state index >= 15 is 0 Å². The molecule has 0 spiro atoms. The van der Waals surface area contributed by atoms with E-state index in [1.807, 2.05) is 19.9 Å². The summed E-state index contributed by atoms with van der Waals surface area (Å²) in [5.74, 6) is 0. The summed E-state index contributed by atoms with van der Waals surface area (Å²) in [7, 11) is -10.9. The van der Waals surface area contributed by atoms with E-state index in [1.54, 1.807) is 0 Å². The van der Waals surface area contributed by atoms with E-state index in [1.165, 1.54) is 13.0 Å². The van der Waals surface area contributed by atoms with Crippen LogP contribution in [0.1, 0.15) is 33.6 Å². The summed E-state index contributed by atoms with van der Waals surface area (Å²) in [6.45, 7) is 8.57. The van der Waals surface area contributed by atoms with Gasteiger partial charge in [0.05, 0.1) is 13.4 Å². The van der Waals surface area contributed by atoms with Crippen molar-refractivity contribution in [3.8, 4) is 0 Å². The molecule has 0 N–H and O–H groups in total. The van der Waals surface area contributed by atoms with Gasteiger partial charge in [-0.25, -0.2) is 0 Å². The van der Waals surface area contributed by atoms with Crippen LogP contribution in [0.5, 0.6) is 0 Å². The molecule has 2 atom stereocenters. The van der Waals surface area contributed by atoms with Gasteiger partial charge in [0.15, 0.2) is 0 Å². The minimum absolute atomic E-state index is 0.235. The summed E-state index contributed by atoms with van der Waals surface area (Å²) in [6, 6.07) is 0. The fraction of sp³-hybridized carbons (Fsp3) is 0.600. The second kappa shape index (κ2) is 6.95. The molecular weight excluding hydrogens is 294 g/mol. The van der Waals surface area contributed by atoms with Gasteiger partial charge in [0.1, 0.15) is 0 Å². The Morgan fingerprint density at radius 2 is 1.84 bits per heavy atom. The Hall–Kier alpha value is -0.260. The molecule has 19 heavy (non-hydrogen) atoms.